The van der Waals surface area contributed by atoms with Gasteiger partial charge in [0.1, 0.15) is 0 Å². The molecule has 22 heavy (non-hydrogen) atoms. The minimum absolute atomic E-state index is 0.400. The minimum atomic E-state index is -0.400. The van der Waals surface area contributed by atoms with Crippen LogP contribution in [0.1, 0.15) is 24.1 Å². The van der Waals surface area contributed by atoms with Crippen LogP contribution in [0.2, 0.25) is 0 Å². The Bertz CT molecular complexity index is 708. The van der Waals surface area contributed by atoms with E-state index in [2.05, 4.69) is 43.0 Å². The number of ether oxygens (including phenoxy) is 2. The van der Waals surface area contributed by atoms with E-state index in [4.69, 9.17) is 14.5 Å². The molecule has 1 aromatic heterocycles. The Kier molecular flexibility index (Phi) is 3.31. The zero-order valence-corrected chi connectivity index (χ0v) is 13.3. The Morgan fingerprint density at radius 2 is 1.91 bits per heavy atom. The third-order valence-corrected chi connectivity index (χ3v) is 4.89. The Labute approximate surface area is 131 Å². The van der Waals surface area contributed by atoms with Crippen molar-refractivity contribution in [3.63, 3.8) is 0 Å². The highest BCUT2D eigenvalue weighted by atomic mass is 16.7. The first-order valence-electron chi connectivity index (χ1n) is 8.07. The van der Waals surface area contributed by atoms with E-state index in [9.17, 15) is 0 Å². The summed E-state index contributed by atoms with van der Waals surface area (Å²) in [5.41, 5.74) is 4.71. The van der Waals surface area contributed by atoms with E-state index in [0.717, 1.165) is 37.1 Å². The average Bonchev–Trinajstić information content (AvgIpc) is 2.96. The smallest absolute Gasteiger partial charge is 0.186 e. The fraction of sp³-hybridized carbons (Fsp3) is 0.500. The summed E-state index contributed by atoms with van der Waals surface area (Å²) in [6, 6.07) is 8.40. The molecular weight excluding hydrogens is 276 g/mol. The molecule has 0 N–H and O–H groups in total. The van der Waals surface area contributed by atoms with Gasteiger partial charge in [-0.3, -0.25) is 4.98 Å². The summed E-state index contributed by atoms with van der Waals surface area (Å²) in [5.74, 6) is -0.400. The van der Waals surface area contributed by atoms with E-state index in [1.54, 1.807) is 0 Å². The summed E-state index contributed by atoms with van der Waals surface area (Å²) in [5, 5.41) is 1.22. The van der Waals surface area contributed by atoms with E-state index in [0.29, 0.717) is 13.2 Å². The van der Waals surface area contributed by atoms with Gasteiger partial charge in [-0.1, -0.05) is 18.2 Å². The number of fused-ring (bicyclic) bond motifs is 1. The quantitative estimate of drug-likeness (QED) is 0.810. The lowest BCUT2D eigenvalue weighted by atomic mass is 10.00. The van der Waals surface area contributed by atoms with Gasteiger partial charge in [-0.15, -0.1) is 0 Å². The van der Waals surface area contributed by atoms with Crippen molar-refractivity contribution < 1.29 is 9.47 Å². The molecule has 0 bridgehead atoms. The number of para-hydroxylation sites is 1. The first kappa shape index (κ1) is 14.0. The molecule has 0 aliphatic carbocycles. The highest BCUT2D eigenvalue weighted by Crippen LogP contribution is 2.37. The molecule has 4 heteroatoms. The first-order valence-corrected chi connectivity index (χ1v) is 8.07. The van der Waals surface area contributed by atoms with Gasteiger partial charge in [-0.25, -0.2) is 0 Å². The summed E-state index contributed by atoms with van der Waals surface area (Å²) in [6.45, 7) is 7.53. The summed E-state index contributed by atoms with van der Waals surface area (Å²) in [4.78, 5) is 7.16. The maximum Gasteiger partial charge on any atom is 0.186 e. The molecule has 116 valence electrons. The summed E-state index contributed by atoms with van der Waals surface area (Å²) in [6.07, 6.45) is 2.08. The van der Waals surface area contributed by atoms with Crippen molar-refractivity contribution in [2.45, 2.75) is 32.5 Å². The first-order chi connectivity index (χ1) is 10.7. The second-order valence-corrected chi connectivity index (χ2v) is 6.32. The van der Waals surface area contributed by atoms with Crippen LogP contribution in [0.5, 0.6) is 0 Å². The van der Waals surface area contributed by atoms with Gasteiger partial charge < -0.3 is 14.4 Å². The molecule has 2 aromatic rings. The molecule has 0 amide bonds. The second-order valence-electron chi connectivity index (χ2n) is 6.32. The van der Waals surface area contributed by atoms with Crippen molar-refractivity contribution in [1.82, 2.24) is 4.98 Å². The van der Waals surface area contributed by atoms with Gasteiger partial charge in [0, 0.05) is 24.0 Å². The Morgan fingerprint density at radius 1 is 1.14 bits per heavy atom. The third kappa shape index (κ3) is 2.18. The van der Waals surface area contributed by atoms with Crippen molar-refractivity contribution in [2.75, 3.05) is 31.2 Å². The number of piperidine rings is 1. The highest BCUT2D eigenvalue weighted by Gasteiger charge is 2.41. The average molecular weight is 298 g/mol. The molecule has 0 unspecified atom stereocenters. The molecule has 1 aromatic carbocycles. The monoisotopic (exact) mass is 298 g/mol. The number of hydrogen-bond donors (Lipinski definition) is 0. The number of anilines is 1. The topological polar surface area (TPSA) is 34.6 Å². The molecule has 0 atom stereocenters. The van der Waals surface area contributed by atoms with Gasteiger partial charge in [0.05, 0.1) is 31.0 Å². The van der Waals surface area contributed by atoms with Crippen LogP contribution in [0, 0.1) is 13.8 Å². The maximum atomic E-state index is 5.94. The van der Waals surface area contributed by atoms with Crippen LogP contribution < -0.4 is 4.90 Å². The second kappa shape index (κ2) is 5.21. The number of aryl methyl sites for hydroxylation is 1. The molecule has 2 aliphatic rings. The zero-order chi connectivity index (χ0) is 15.2. The molecule has 3 heterocycles. The summed E-state index contributed by atoms with van der Waals surface area (Å²) >= 11 is 0. The van der Waals surface area contributed by atoms with Crippen LogP contribution in [0.4, 0.5) is 5.69 Å². The molecule has 1 spiro atoms. The normalized spacial score (nSPS) is 20.9. The largest absolute Gasteiger partial charge is 0.365 e. The molecule has 2 fully saturated rings. The third-order valence-electron chi connectivity index (χ3n) is 4.89. The lowest BCUT2D eigenvalue weighted by Gasteiger charge is -2.40. The van der Waals surface area contributed by atoms with Crippen molar-refractivity contribution in [3.8, 4) is 0 Å². The number of hydrogen-bond acceptors (Lipinski definition) is 4. The van der Waals surface area contributed by atoms with Crippen LogP contribution in [0.15, 0.2) is 24.3 Å². The van der Waals surface area contributed by atoms with E-state index in [-0.39, 0.29) is 0 Å². The van der Waals surface area contributed by atoms with Gasteiger partial charge in [-0.05, 0) is 31.9 Å². The Hall–Kier alpha value is -1.65. The fourth-order valence-corrected chi connectivity index (χ4v) is 3.73. The zero-order valence-electron chi connectivity index (χ0n) is 13.3. The number of pyridine rings is 1. The van der Waals surface area contributed by atoms with Crippen LogP contribution >= 0.6 is 0 Å². The number of rotatable bonds is 1. The Morgan fingerprint density at radius 3 is 2.73 bits per heavy atom. The lowest BCUT2D eigenvalue weighted by molar-refractivity contribution is -0.161. The summed E-state index contributed by atoms with van der Waals surface area (Å²) < 4.78 is 11.9. The lowest BCUT2D eigenvalue weighted by Crippen LogP contribution is -2.49. The van der Waals surface area contributed by atoms with Gasteiger partial charge in [0.15, 0.2) is 5.79 Å². The van der Waals surface area contributed by atoms with Gasteiger partial charge in [-0.2, -0.15) is 0 Å². The predicted octanol–water partition coefficient (Wildman–Crippen LogP) is 3.19. The Balaban J connectivity index is 1.81. The van der Waals surface area contributed by atoms with Crippen molar-refractivity contribution in [2.24, 2.45) is 0 Å². The summed E-state index contributed by atoms with van der Waals surface area (Å²) in [7, 11) is 0. The molecule has 0 saturated carbocycles. The van der Waals surface area contributed by atoms with Gasteiger partial charge >= 0.3 is 0 Å². The molecule has 2 saturated heterocycles. The predicted molar refractivity (Wildman–Crippen MR) is 87.3 cm³/mol. The molecular formula is C18H22N2O2. The molecule has 4 rings (SSSR count). The molecule has 0 radical (unpaired) electrons. The van der Waals surface area contributed by atoms with E-state index >= 15 is 0 Å². The van der Waals surface area contributed by atoms with Crippen LogP contribution in [0.25, 0.3) is 10.9 Å². The van der Waals surface area contributed by atoms with Crippen molar-refractivity contribution in [3.05, 3.63) is 35.5 Å². The van der Waals surface area contributed by atoms with Crippen molar-refractivity contribution in [1.29, 1.82) is 0 Å². The van der Waals surface area contributed by atoms with Crippen LogP contribution in [-0.2, 0) is 9.47 Å². The fourth-order valence-electron chi connectivity index (χ4n) is 3.73. The van der Waals surface area contributed by atoms with E-state index < -0.39 is 5.79 Å². The van der Waals surface area contributed by atoms with Gasteiger partial charge in [0.2, 0.25) is 0 Å². The molecule has 2 aliphatic heterocycles. The minimum Gasteiger partial charge on any atom is -0.365 e. The van der Waals surface area contributed by atoms with Crippen LogP contribution in [0.3, 0.4) is 0 Å². The standard InChI is InChI=1S/C18H22N2O2/c1-13-14(2)19-16-7-4-3-6-15(16)17(13)20-9-5-8-18(12-20)21-10-11-22-18/h3-4,6-7H,5,8-12H2,1-2H3. The van der Waals surface area contributed by atoms with Crippen molar-refractivity contribution >= 4 is 16.6 Å². The SMILES string of the molecule is Cc1nc2ccccc2c(N2CCCC3(C2)OCCO3)c1C. The highest BCUT2D eigenvalue weighted by molar-refractivity contribution is 5.94. The number of aromatic nitrogens is 1. The maximum absolute atomic E-state index is 5.94. The van der Waals surface area contributed by atoms with Crippen LogP contribution in [-0.4, -0.2) is 37.1 Å². The van der Waals surface area contributed by atoms with E-state index in [1.807, 2.05) is 0 Å². The van der Waals surface area contributed by atoms with Gasteiger partial charge in [0.25, 0.3) is 0 Å². The number of nitrogens with zero attached hydrogens (tertiary/aromatic N) is 2. The number of benzene rings is 1. The molecule has 4 nitrogen and oxygen atoms in total. The van der Waals surface area contributed by atoms with E-state index in [1.165, 1.54) is 16.6 Å².